The minimum absolute atomic E-state index is 0.0506. The van der Waals surface area contributed by atoms with E-state index in [9.17, 15) is 9.18 Å². The highest BCUT2D eigenvalue weighted by Gasteiger charge is 2.29. The van der Waals surface area contributed by atoms with Crippen molar-refractivity contribution in [2.45, 2.75) is 44.4 Å². The Bertz CT molecular complexity index is 507. The number of nitrogen functional groups attached to an aromatic ring is 1. The van der Waals surface area contributed by atoms with Gasteiger partial charge in [0.1, 0.15) is 5.82 Å². The minimum Gasteiger partial charge on any atom is -0.399 e. The molecule has 110 valence electrons. The van der Waals surface area contributed by atoms with Gasteiger partial charge >= 0.3 is 0 Å². The maximum atomic E-state index is 14.0. The highest BCUT2D eigenvalue weighted by molar-refractivity contribution is 7.99. The molecule has 0 heterocycles. The van der Waals surface area contributed by atoms with Crippen molar-refractivity contribution in [3.63, 3.8) is 0 Å². The first-order valence-corrected chi connectivity index (χ1v) is 8.06. The van der Waals surface area contributed by atoms with Gasteiger partial charge in [-0.15, -0.1) is 0 Å². The zero-order chi connectivity index (χ0) is 14.7. The number of rotatable bonds is 4. The molecule has 0 bridgehead atoms. The molecule has 1 amide bonds. The van der Waals surface area contributed by atoms with Crippen LogP contribution in [-0.4, -0.2) is 23.0 Å². The first-order valence-electron chi connectivity index (χ1n) is 7.01. The highest BCUT2D eigenvalue weighted by Crippen LogP contribution is 2.30. The molecule has 1 aliphatic rings. The minimum atomic E-state index is -0.477. The number of amides is 1. The van der Waals surface area contributed by atoms with E-state index in [0.29, 0.717) is 16.5 Å². The third-order valence-corrected chi connectivity index (χ3v) is 5.00. The van der Waals surface area contributed by atoms with Crippen molar-refractivity contribution in [3.05, 3.63) is 29.1 Å². The number of benzene rings is 1. The van der Waals surface area contributed by atoms with E-state index in [-0.39, 0.29) is 17.5 Å². The van der Waals surface area contributed by atoms with Crippen LogP contribution in [0.4, 0.5) is 10.1 Å². The van der Waals surface area contributed by atoms with Gasteiger partial charge in [0.15, 0.2) is 0 Å². The molecule has 1 fully saturated rings. The molecule has 1 aromatic rings. The van der Waals surface area contributed by atoms with Gasteiger partial charge in [-0.2, -0.15) is 11.8 Å². The molecule has 1 aliphatic carbocycles. The monoisotopic (exact) mass is 296 g/mol. The van der Waals surface area contributed by atoms with E-state index in [0.717, 1.165) is 25.0 Å². The van der Waals surface area contributed by atoms with Crippen molar-refractivity contribution in [2.75, 3.05) is 11.5 Å². The second kappa shape index (κ2) is 6.48. The van der Waals surface area contributed by atoms with E-state index < -0.39 is 5.82 Å². The second-order valence-electron chi connectivity index (χ2n) is 5.20. The number of nitrogens with one attached hydrogen (secondary N) is 1. The molecule has 0 saturated heterocycles. The van der Waals surface area contributed by atoms with E-state index in [1.807, 2.05) is 11.8 Å². The van der Waals surface area contributed by atoms with Crippen LogP contribution in [0.25, 0.3) is 0 Å². The number of thioether (sulfide) groups is 1. The summed E-state index contributed by atoms with van der Waals surface area (Å²) in [5, 5.41) is 3.41. The zero-order valence-corrected chi connectivity index (χ0v) is 12.7. The number of carbonyl (C=O) groups excluding carboxylic acids is 1. The van der Waals surface area contributed by atoms with Crippen molar-refractivity contribution in [2.24, 2.45) is 0 Å². The van der Waals surface area contributed by atoms with Crippen LogP contribution in [0.3, 0.4) is 0 Å². The molecule has 0 radical (unpaired) electrons. The summed E-state index contributed by atoms with van der Waals surface area (Å²) in [4.78, 5) is 12.3. The predicted octanol–water partition coefficient (Wildman–Crippen LogP) is 3.12. The first-order chi connectivity index (χ1) is 9.52. The lowest BCUT2D eigenvalue weighted by molar-refractivity contribution is 0.0934. The largest absolute Gasteiger partial charge is 0.399 e. The summed E-state index contributed by atoms with van der Waals surface area (Å²) in [6.45, 7) is 3.73. The van der Waals surface area contributed by atoms with E-state index >= 15 is 0 Å². The maximum absolute atomic E-state index is 14.0. The lowest BCUT2D eigenvalue weighted by Crippen LogP contribution is -2.39. The molecule has 3 nitrogen and oxygen atoms in total. The van der Waals surface area contributed by atoms with Gasteiger partial charge in [0, 0.05) is 17.0 Å². The van der Waals surface area contributed by atoms with Gasteiger partial charge in [0.2, 0.25) is 0 Å². The summed E-state index contributed by atoms with van der Waals surface area (Å²) in [6.07, 6.45) is 3.19. The normalized spacial score (nSPS) is 21.9. The third-order valence-electron chi connectivity index (χ3n) is 3.67. The fraction of sp³-hybridized carbons (Fsp3) is 0.533. The summed E-state index contributed by atoms with van der Waals surface area (Å²) in [5.74, 6) is 0.198. The fourth-order valence-electron chi connectivity index (χ4n) is 2.71. The van der Waals surface area contributed by atoms with E-state index in [4.69, 9.17) is 5.73 Å². The lowest BCUT2D eigenvalue weighted by Gasteiger charge is -2.20. The Morgan fingerprint density at radius 3 is 2.95 bits per heavy atom. The number of nitrogens with two attached hydrogens (primary N) is 1. The smallest absolute Gasteiger partial charge is 0.254 e. The molecular formula is C15H21FN2OS. The Morgan fingerprint density at radius 2 is 2.25 bits per heavy atom. The Balaban J connectivity index is 2.12. The number of aryl methyl sites for hydroxylation is 1. The van der Waals surface area contributed by atoms with Crippen LogP contribution in [0, 0.1) is 12.7 Å². The molecule has 20 heavy (non-hydrogen) atoms. The van der Waals surface area contributed by atoms with Crippen molar-refractivity contribution in [1.82, 2.24) is 5.32 Å². The fourth-order valence-corrected chi connectivity index (χ4v) is 3.91. The van der Waals surface area contributed by atoms with Gasteiger partial charge < -0.3 is 11.1 Å². The molecule has 2 atom stereocenters. The molecule has 1 aromatic carbocycles. The summed E-state index contributed by atoms with van der Waals surface area (Å²) in [7, 11) is 0. The van der Waals surface area contributed by atoms with Crippen LogP contribution in [0.5, 0.6) is 0 Å². The molecule has 1 saturated carbocycles. The Labute approximate surface area is 123 Å². The second-order valence-corrected chi connectivity index (χ2v) is 6.72. The molecule has 0 aromatic heterocycles. The standard InChI is InChI=1S/C15H21FN2OS/c1-3-20-13-6-4-5-12(13)18-15(19)11-8-10(17)7-9(2)14(11)16/h7-8,12-13H,3-6,17H2,1-2H3,(H,18,19). The summed E-state index contributed by atoms with van der Waals surface area (Å²) >= 11 is 1.86. The number of anilines is 1. The van der Waals surface area contributed by atoms with Crippen LogP contribution in [0.1, 0.15) is 42.1 Å². The molecular weight excluding hydrogens is 275 g/mol. The zero-order valence-electron chi connectivity index (χ0n) is 11.9. The molecule has 3 N–H and O–H groups in total. The highest BCUT2D eigenvalue weighted by atomic mass is 32.2. The average molecular weight is 296 g/mol. The van der Waals surface area contributed by atoms with Gasteiger partial charge in [-0.3, -0.25) is 4.79 Å². The lowest BCUT2D eigenvalue weighted by atomic mass is 10.1. The van der Waals surface area contributed by atoms with Crippen LogP contribution in [0.2, 0.25) is 0 Å². The average Bonchev–Trinajstić information content (AvgIpc) is 2.81. The first kappa shape index (κ1) is 15.2. The van der Waals surface area contributed by atoms with Gasteiger partial charge in [-0.1, -0.05) is 13.3 Å². The quantitative estimate of drug-likeness (QED) is 0.839. The van der Waals surface area contributed by atoms with Crippen molar-refractivity contribution < 1.29 is 9.18 Å². The number of hydrogen-bond donors (Lipinski definition) is 2. The number of halogens is 1. The summed E-state index contributed by atoms with van der Waals surface area (Å²) in [6, 6.07) is 3.08. The number of carbonyl (C=O) groups is 1. The van der Waals surface area contributed by atoms with Crippen LogP contribution < -0.4 is 11.1 Å². The predicted molar refractivity (Wildman–Crippen MR) is 82.6 cm³/mol. The van der Waals surface area contributed by atoms with Crippen LogP contribution in [0.15, 0.2) is 12.1 Å². The molecule has 0 spiro atoms. The van der Waals surface area contributed by atoms with E-state index in [1.54, 1.807) is 6.92 Å². The maximum Gasteiger partial charge on any atom is 0.254 e. The topological polar surface area (TPSA) is 55.1 Å². The van der Waals surface area contributed by atoms with Crippen LogP contribution in [-0.2, 0) is 0 Å². The van der Waals surface area contributed by atoms with Gasteiger partial charge in [-0.25, -0.2) is 4.39 Å². The number of hydrogen-bond acceptors (Lipinski definition) is 3. The van der Waals surface area contributed by atoms with Crippen LogP contribution >= 0.6 is 11.8 Å². The molecule has 2 unspecified atom stereocenters. The van der Waals surface area contributed by atoms with Crippen molar-refractivity contribution in [1.29, 1.82) is 0 Å². The van der Waals surface area contributed by atoms with Gasteiger partial charge in [0.25, 0.3) is 5.91 Å². The Hall–Kier alpha value is -1.23. The Morgan fingerprint density at radius 1 is 1.50 bits per heavy atom. The SMILES string of the molecule is CCSC1CCCC1NC(=O)c1cc(N)cc(C)c1F. The summed E-state index contributed by atoms with van der Waals surface area (Å²) < 4.78 is 14.0. The van der Waals surface area contributed by atoms with Crippen molar-refractivity contribution >= 4 is 23.4 Å². The van der Waals surface area contributed by atoms with E-state index in [2.05, 4.69) is 12.2 Å². The van der Waals surface area contributed by atoms with E-state index in [1.165, 1.54) is 12.1 Å². The summed E-state index contributed by atoms with van der Waals surface area (Å²) in [5.41, 5.74) is 6.57. The Kier molecular flexibility index (Phi) is 4.91. The molecule has 5 heteroatoms. The van der Waals surface area contributed by atoms with Gasteiger partial charge in [-0.05, 0) is 43.2 Å². The third kappa shape index (κ3) is 3.26. The van der Waals surface area contributed by atoms with Gasteiger partial charge in [0.05, 0.1) is 5.56 Å². The van der Waals surface area contributed by atoms with Crippen molar-refractivity contribution in [3.8, 4) is 0 Å². The molecule has 0 aliphatic heterocycles. The molecule has 2 rings (SSSR count).